The molecule has 4 aromatic rings. The average Bonchev–Trinajstić information content (AvgIpc) is 3.52. The fraction of sp³-hybridized carbons (Fsp3) is 0.280. The van der Waals surface area contributed by atoms with Crippen molar-refractivity contribution in [1.82, 2.24) is 29.6 Å². The topological polar surface area (TPSA) is 115 Å². The highest BCUT2D eigenvalue weighted by Gasteiger charge is 2.36. The highest BCUT2D eigenvalue weighted by Crippen LogP contribution is 2.33. The molecule has 10 heteroatoms. The van der Waals surface area contributed by atoms with Gasteiger partial charge in [-0.25, -0.2) is 9.97 Å². The lowest BCUT2D eigenvalue weighted by Gasteiger charge is -2.22. The summed E-state index contributed by atoms with van der Waals surface area (Å²) in [6, 6.07) is 5.36. The number of nitrogen functional groups attached to an aromatic ring is 1. The minimum absolute atomic E-state index is 0.0775. The Morgan fingerprint density at radius 3 is 3.03 bits per heavy atom. The summed E-state index contributed by atoms with van der Waals surface area (Å²) in [5, 5.41) is 6.00. The highest BCUT2D eigenvalue weighted by atomic mass is 35.5. The van der Waals surface area contributed by atoms with Gasteiger partial charge in [-0.15, -0.1) is 0 Å². The van der Waals surface area contributed by atoms with Gasteiger partial charge in [-0.1, -0.05) is 24.1 Å². The number of imidazole rings is 1. The number of carbonyl (C=O) groups excluding carboxylic acids is 1. The molecule has 1 aromatic carbocycles. The molecular formula is C25H24ClN7O2. The third-order valence-electron chi connectivity index (χ3n) is 6.21. The zero-order valence-corrected chi connectivity index (χ0v) is 20.1. The first-order chi connectivity index (χ1) is 16.9. The van der Waals surface area contributed by atoms with Gasteiger partial charge in [0.15, 0.2) is 0 Å². The molecule has 1 amide bonds. The molecule has 0 spiro atoms. The van der Waals surface area contributed by atoms with Gasteiger partial charge in [0.25, 0.3) is 0 Å². The lowest BCUT2D eigenvalue weighted by Crippen LogP contribution is -2.37. The van der Waals surface area contributed by atoms with Crippen LogP contribution >= 0.6 is 11.6 Å². The summed E-state index contributed by atoms with van der Waals surface area (Å²) >= 11 is 6.47. The van der Waals surface area contributed by atoms with Crippen LogP contribution in [0.4, 0.5) is 5.82 Å². The van der Waals surface area contributed by atoms with E-state index in [0.717, 1.165) is 22.4 Å². The van der Waals surface area contributed by atoms with E-state index < -0.39 is 0 Å². The molecule has 1 fully saturated rings. The number of pyridine rings is 1. The maximum absolute atomic E-state index is 12.4. The van der Waals surface area contributed by atoms with Crippen LogP contribution in [0, 0.1) is 18.8 Å². The van der Waals surface area contributed by atoms with Gasteiger partial charge in [0.05, 0.1) is 45.6 Å². The molecule has 4 heterocycles. The first kappa shape index (κ1) is 22.9. The lowest BCUT2D eigenvalue weighted by molar-refractivity contribution is -0.127. The van der Waals surface area contributed by atoms with Crippen molar-refractivity contribution in [3.8, 4) is 11.8 Å². The van der Waals surface area contributed by atoms with Gasteiger partial charge in [0.1, 0.15) is 17.3 Å². The van der Waals surface area contributed by atoms with E-state index in [0.29, 0.717) is 47.1 Å². The lowest BCUT2D eigenvalue weighted by atomic mass is 10.1. The number of nitrogens with two attached hydrogens (primary N) is 1. The van der Waals surface area contributed by atoms with Crippen molar-refractivity contribution in [1.29, 1.82) is 0 Å². The van der Waals surface area contributed by atoms with Crippen molar-refractivity contribution in [2.24, 2.45) is 0 Å². The number of amides is 1. The summed E-state index contributed by atoms with van der Waals surface area (Å²) in [5.74, 6) is 7.27. The molecule has 2 atom stereocenters. The number of ether oxygens (including phenoxy) is 1. The van der Waals surface area contributed by atoms with Crippen LogP contribution in [-0.4, -0.2) is 61.8 Å². The van der Waals surface area contributed by atoms with Crippen LogP contribution in [0.3, 0.4) is 0 Å². The predicted molar refractivity (Wildman–Crippen MR) is 135 cm³/mol. The van der Waals surface area contributed by atoms with Gasteiger partial charge in [0.2, 0.25) is 5.91 Å². The molecule has 3 N–H and O–H groups in total. The van der Waals surface area contributed by atoms with Crippen molar-refractivity contribution in [2.75, 3.05) is 26.0 Å². The molecule has 0 unspecified atom stereocenters. The summed E-state index contributed by atoms with van der Waals surface area (Å²) in [7, 11) is 1.63. The molecule has 1 saturated heterocycles. The molecule has 0 aliphatic carbocycles. The number of aryl methyl sites for hydroxylation is 1. The van der Waals surface area contributed by atoms with Crippen LogP contribution < -0.4 is 5.73 Å². The molecule has 178 valence electrons. The van der Waals surface area contributed by atoms with Crippen LogP contribution in [0.15, 0.2) is 37.1 Å². The first-order valence-electron chi connectivity index (χ1n) is 11.1. The Balaban J connectivity index is 1.57. The summed E-state index contributed by atoms with van der Waals surface area (Å²) in [6.45, 7) is 6.42. The number of carbonyl (C=O) groups is 1. The van der Waals surface area contributed by atoms with Crippen LogP contribution in [0.2, 0.25) is 5.02 Å². The minimum Gasteiger partial charge on any atom is -0.383 e. The number of methoxy groups -OCH3 is 1. The number of nitrogens with one attached hydrogen (secondary N) is 1. The smallest absolute Gasteiger partial charge is 0.246 e. The monoisotopic (exact) mass is 489 g/mol. The Morgan fingerprint density at radius 2 is 2.26 bits per heavy atom. The molecule has 35 heavy (non-hydrogen) atoms. The number of nitrogens with zero attached hydrogens (tertiary/aromatic N) is 5. The molecule has 0 bridgehead atoms. The van der Waals surface area contributed by atoms with Gasteiger partial charge in [-0.05, 0) is 43.5 Å². The minimum atomic E-state index is -0.133. The second kappa shape index (κ2) is 9.06. The molecule has 3 aromatic heterocycles. The molecule has 1 aliphatic heterocycles. The highest BCUT2D eigenvalue weighted by molar-refractivity contribution is 6.32. The maximum Gasteiger partial charge on any atom is 0.246 e. The van der Waals surface area contributed by atoms with E-state index in [1.165, 1.54) is 6.08 Å². The predicted octanol–water partition coefficient (Wildman–Crippen LogP) is 3.23. The van der Waals surface area contributed by atoms with Gasteiger partial charge >= 0.3 is 0 Å². The fourth-order valence-corrected chi connectivity index (χ4v) is 4.88. The Morgan fingerprint density at radius 1 is 1.43 bits per heavy atom. The normalized spacial score (nSPS) is 17.6. The van der Waals surface area contributed by atoms with E-state index in [2.05, 4.69) is 33.4 Å². The average molecular weight is 490 g/mol. The third-order valence-corrected chi connectivity index (χ3v) is 6.52. The summed E-state index contributed by atoms with van der Waals surface area (Å²) in [6.07, 6.45) is 3.65. The van der Waals surface area contributed by atoms with E-state index >= 15 is 0 Å². The maximum atomic E-state index is 12.4. The number of hydrogen-bond acceptors (Lipinski definition) is 6. The van der Waals surface area contributed by atoms with Crippen LogP contribution in [0.1, 0.15) is 29.5 Å². The summed E-state index contributed by atoms with van der Waals surface area (Å²) in [5.41, 5.74) is 9.83. The summed E-state index contributed by atoms with van der Waals surface area (Å²) in [4.78, 5) is 26.1. The number of anilines is 1. The number of hydrogen-bond donors (Lipinski definition) is 2. The molecule has 1 aliphatic rings. The quantitative estimate of drug-likeness (QED) is 0.336. The third kappa shape index (κ3) is 4.11. The van der Waals surface area contributed by atoms with Gasteiger partial charge in [-0.2, -0.15) is 5.10 Å². The SMILES string of the molecule is C=CC(=O)N1C[C@@H](n2nc(C#Cc3cc4nc(C)[nH]c4cc3Cl)c3c(N)nccc32)C[C@@H]1COC. The zero-order valence-electron chi connectivity index (χ0n) is 19.4. The van der Waals surface area contributed by atoms with Gasteiger partial charge in [-0.3, -0.25) is 9.48 Å². The number of likely N-dealkylation sites (tertiary alicyclic amines) is 1. The second-order valence-corrected chi connectivity index (χ2v) is 8.91. The van der Waals surface area contributed by atoms with Gasteiger partial charge < -0.3 is 20.4 Å². The standard InChI is InChI=1S/C25H24ClN7O2/c1-4-23(34)32-12-16(10-17(32)13-35-3)33-22-7-8-28-25(27)24(22)19(31-33)6-5-15-9-20-21(11-18(15)26)30-14(2)29-20/h4,7-9,11,16-17H,1,10,12-13H2,2-3H3,(H2,27,28)(H,29,30)/t16-,17+/m0/s1. The molecule has 5 rings (SSSR count). The largest absolute Gasteiger partial charge is 0.383 e. The number of aromatic amines is 1. The number of rotatable bonds is 4. The molecule has 9 nitrogen and oxygen atoms in total. The Hall–Kier alpha value is -3.87. The zero-order chi connectivity index (χ0) is 24.7. The Bertz CT molecular complexity index is 1530. The van der Waals surface area contributed by atoms with E-state index in [-0.39, 0.29) is 18.0 Å². The first-order valence-corrected chi connectivity index (χ1v) is 11.5. The van der Waals surface area contributed by atoms with E-state index in [1.54, 1.807) is 18.2 Å². The van der Waals surface area contributed by atoms with Crippen molar-refractivity contribution < 1.29 is 9.53 Å². The van der Waals surface area contributed by atoms with E-state index in [1.807, 2.05) is 29.8 Å². The molecule has 0 radical (unpaired) electrons. The van der Waals surface area contributed by atoms with Crippen molar-refractivity contribution in [2.45, 2.75) is 25.4 Å². The number of benzene rings is 1. The molecule has 0 saturated carbocycles. The van der Waals surface area contributed by atoms with Crippen LogP contribution in [0.25, 0.3) is 21.9 Å². The van der Waals surface area contributed by atoms with E-state index in [9.17, 15) is 4.79 Å². The van der Waals surface area contributed by atoms with Crippen molar-refractivity contribution in [3.63, 3.8) is 0 Å². The number of aromatic nitrogens is 5. The summed E-state index contributed by atoms with van der Waals surface area (Å²) < 4.78 is 7.23. The Kier molecular flexibility index (Phi) is 5.93. The van der Waals surface area contributed by atoms with Crippen molar-refractivity contribution >= 4 is 45.3 Å². The van der Waals surface area contributed by atoms with Gasteiger partial charge in [0, 0.05) is 25.4 Å². The Labute approximate surface area is 206 Å². The van der Waals surface area contributed by atoms with Crippen molar-refractivity contribution in [3.05, 3.63) is 59.2 Å². The number of fused-ring (bicyclic) bond motifs is 2. The number of H-pyrrole nitrogens is 1. The molecular weight excluding hydrogens is 466 g/mol. The van der Waals surface area contributed by atoms with E-state index in [4.69, 9.17) is 27.2 Å². The number of halogens is 1. The van der Waals surface area contributed by atoms with Crippen LogP contribution in [0.5, 0.6) is 0 Å². The van der Waals surface area contributed by atoms with Crippen LogP contribution in [-0.2, 0) is 9.53 Å². The fourth-order valence-electron chi connectivity index (χ4n) is 4.67. The second-order valence-electron chi connectivity index (χ2n) is 8.50.